The van der Waals surface area contributed by atoms with Crippen LogP contribution in [-0.4, -0.2) is 65.8 Å². The Kier molecular flexibility index (Phi) is 9.62. The van der Waals surface area contributed by atoms with E-state index in [0.29, 0.717) is 23.6 Å². The van der Waals surface area contributed by atoms with Crippen LogP contribution in [0.25, 0.3) is 0 Å². The van der Waals surface area contributed by atoms with Crippen molar-refractivity contribution in [2.24, 2.45) is 11.8 Å². The summed E-state index contributed by atoms with van der Waals surface area (Å²) >= 11 is 0. The topological polar surface area (TPSA) is 67.6 Å². The van der Waals surface area contributed by atoms with Crippen molar-refractivity contribution in [1.29, 1.82) is 5.26 Å². The first-order valence-electron chi connectivity index (χ1n) is 13.6. The Bertz CT molecular complexity index is 1140. The molecule has 2 aliphatic rings. The molecule has 210 valence electrons. The van der Waals surface area contributed by atoms with Crippen molar-refractivity contribution >= 4 is 5.97 Å². The number of aliphatic carboxylic acids is 1. The summed E-state index contributed by atoms with van der Waals surface area (Å²) in [6, 6.07) is 14.3. The van der Waals surface area contributed by atoms with Gasteiger partial charge in [0, 0.05) is 25.6 Å². The molecule has 9 heteroatoms. The molecule has 0 spiro atoms. The molecule has 2 aromatic rings. The normalized spacial score (nSPS) is 22.0. The fourth-order valence-electron chi connectivity index (χ4n) is 6.18. The number of hydrogen-bond donors (Lipinski definition) is 1. The monoisotopic (exact) mass is 545 g/mol. The van der Waals surface area contributed by atoms with Crippen LogP contribution in [0.15, 0.2) is 48.5 Å². The summed E-state index contributed by atoms with van der Waals surface area (Å²) in [5.41, 5.74) is 2.59. The van der Waals surface area contributed by atoms with E-state index in [9.17, 15) is 27.5 Å². The van der Waals surface area contributed by atoms with Crippen molar-refractivity contribution in [2.45, 2.75) is 56.7 Å². The van der Waals surface area contributed by atoms with E-state index >= 15 is 0 Å². The summed E-state index contributed by atoms with van der Waals surface area (Å²) in [5, 5.41) is 18.5. The summed E-state index contributed by atoms with van der Waals surface area (Å²) in [6.07, 6.45) is -0.737. The third-order valence-corrected chi connectivity index (χ3v) is 8.26. The number of carbonyl (C=O) groups is 1. The van der Waals surface area contributed by atoms with Gasteiger partial charge in [-0.15, -0.1) is 0 Å². The molecule has 39 heavy (non-hydrogen) atoms. The number of nitrogens with zero attached hydrogens (tertiary/aromatic N) is 3. The first-order chi connectivity index (χ1) is 18.6. The van der Waals surface area contributed by atoms with E-state index in [1.54, 1.807) is 12.1 Å². The minimum Gasteiger partial charge on any atom is -0.480 e. The van der Waals surface area contributed by atoms with Gasteiger partial charge in [-0.05, 0) is 86.0 Å². The fraction of sp³-hybridized carbons (Fsp3) is 0.533. The van der Waals surface area contributed by atoms with E-state index in [1.807, 2.05) is 24.3 Å². The van der Waals surface area contributed by atoms with Crippen molar-refractivity contribution in [3.63, 3.8) is 0 Å². The lowest BCUT2D eigenvalue weighted by atomic mass is 9.86. The molecule has 0 amide bonds. The Morgan fingerprint density at radius 1 is 1.10 bits per heavy atom. The van der Waals surface area contributed by atoms with Crippen LogP contribution in [0.2, 0.25) is 0 Å². The van der Waals surface area contributed by atoms with Gasteiger partial charge in [0.25, 0.3) is 0 Å². The highest BCUT2D eigenvalue weighted by Gasteiger charge is 2.44. The lowest BCUT2D eigenvalue weighted by Gasteiger charge is -2.35. The Balaban J connectivity index is 1.33. The highest BCUT2D eigenvalue weighted by Crippen LogP contribution is 2.37. The van der Waals surface area contributed by atoms with Gasteiger partial charge in [-0.2, -0.15) is 18.4 Å². The van der Waals surface area contributed by atoms with Gasteiger partial charge in [0.1, 0.15) is 11.9 Å². The number of hydrogen-bond acceptors (Lipinski definition) is 4. The minimum absolute atomic E-state index is 0.0881. The smallest absolute Gasteiger partial charge is 0.391 e. The molecule has 2 aromatic carbocycles. The van der Waals surface area contributed by atoms with E-state index < -0.39 is 30.4 Å². The Hall–Kier alpha value is -2.96. The number of benzene rings is 2. The van der Waals surface area contributed by atoms with Crippen molar-refractivity contribution in [1.82, 2.24) is 9.80 Å². The summed E-state index contributed by atoms with van der Waals surface area (Å²) in [4.78, 5) is 15.5. The Morgan fingerprint density at radius 2 is 1.82 bits per heavy atom. The number of likely N-dealkylation sites (tertiary alicyclic amines) is 2. The van der Waals surface area contributed by atoms with Crippen LogP contribution >= 0.6 is 0 Å². The Labute approximate surface area is 227 Å². The zero-order valence-corrected chi connectivity index (χ0v) is 21.9. The molecule has 0 aromatic heterocycles. The molecule has 3 unspecified atom stereocenters. The van der Waals surface area contributed by atoms with Gasteiger partial charge in [-0.1, -0.05) is 30.7 Å². The fourth-order valence-corrected chi connectivity index (χ4v) is 6.18. The number of halogens is 4. The van der Waals surface area contributed by atoms with Crippen LogP contribution in [0.1, 0.15) is 54.7 Å². The number of carboxylic acid groups (broad SMARTS) is 1. The number of carboxylic acids is 1. The second-order valence-corrected chi connectivity index (χ2v) is 11.0. The average Bonchev–Trinajstić information content (AvgIpc) is 3.31. The molecular formula is C30H35F4N3O2. The predicted molar refractivity (Wildman–Crippen MR) is 140 cm³/mol. The largest absolute Gasteiger partial charge is 0.480 e. The summed E-state index contributed by atoms with van der Waals surface area (Å²) in [7, 11) is 0. The summed E-state index contributed by atoms with van der Waals surface area (Å²) < 4.78 is 53.5. The number of nitriles is 1. The minimum atomic E-state index is -4.59. The van der Waals surface area contributed by atoms with Gasteiger partial charge < -0.3 is 10.0 Å². The standard InChI is InChI=1S/C30H35F4N3O2/c31-26-6-2-5-24(15-26)27-20-37(28(29(38)39)16-30(32,33)34)19-25(27)18-36-13-11-22(12-14-36)4-1-3-21-7-9-23(17-35)10-8-21/h2,5-10,15,22,25,27-28H,1,3-4,11-14,16,18-20H2,(H,38,39). The van der Waals surface area contributed by atoms with Gasteiger partial charge in [0.05, 0.1) is 18.1 Å². The van der Waals surface area contributed by atoms with Crippen LogP contribution < -0.4 is 0 Å². The maximum atomic E-state index is 14.0. The van der Waals surface area contributed by atoms with Crippen molar-refractivity contribution in [3.8, 4) is 6.07 Å². The molecule has 1 N–H and O–H groups in total. The van der Waals surface area contributed by atoms with Crippen LogP contribution in [-0.2, 0) is 11.2 Å². The van der Waals surface area contributed by atoms with Gasteiger partial charge in [-0.3, -0.25) is 9.69 Å². The SMILES string of the molecule is N#Cc1ccc(CCCC2CCN(CC3CN(C(CC(F)(F)F)C(=O)O)CC3c3cccc(F)c3)CC2)cc1. The van der Waals surface area contributed by atoms with E-state index in [-0.39, 0.29) is 24.9 Å². The van der Waals surface area contributed by atoms with E-state index in [4.69, 9.17) is 5.26 Å². The van der Waals surface area contributed by atoms with Crippen LogP contribution in [0.3, 0.4) is 0 Å². The molecule has 0 saturated carbocycles. The van der Waals surface area contributed by atoms with Gasteiger partial charge in [0.15, 0.2) is 0 Å². The molecule has 2 fully saturated rings. The lowest BCUT2D eigenvalue weighted by molar-refractivity contribution is -0.165. The number of aryl methyl sites for hydroxylation is 1. The third-order valence-electron chi connectivity index (χ3n) is 8.26. The van der Waals surface area contributed by atoms with E-state index in [0.717, 1.165) is 45.2 Å². The Morgan fingerprint density at radius 3 is 2.44 bits per heavy atom. The quantitative estimate of drug-likeness (QED) is 0.379. The molecule has 0 bridgehead atoms. The average molecular weight is 546 g/mol. The molecule has 4 rings (SSSR count). The molecular weight excluding hydrogens is 510 g/mol. The number of piperidine rings is 1. The first kappa shape index (κ1) is 29.0. The van der Waals surface area contributed by atoms with Gasteiger partial charge in [0.2, 0.25) is 0 Å². The zero-order valence-electron chi connectivity index (χ0n) is 21.9. The van der Waals surface area contributed by atoms with Crippen molar-refractivity contribution < 1.29 is 27.5 Å². The van der Waals surface area contributed by atoms with Gasteiger partial charge in [-0.25, -0.2) is 4.39 Å². The van der Waals surface area contributed by atoms with E-state index in [2.05, 4.69) is 11.0 Å². The van der Waals surface area contributed by atoms with E-state index in [1.165, 1.54) is 22.6 Å². The highest BCUT2D eigenvalue weighted by atomic mass is 19.4. The molecule has 0 radical (unpaired) electrons. The third kappa shape index (κ3) is 8.26. The van der Waals surface area contributed by atoms with Crippen LogP contribution in [0.4, 0.5) is 17.6 Å². The van der Waals surface area contributed by atoms with Crippen LogP contribution in [0.5, 0.6) is 0 Å². The maximum absolute atomic E-state index is 14.0. The summed E-state index contributed by atoms with van der Waals surface area (Å²) in [6.45, 7) is 2.82. The highest BCUT2D eigenvalue weighted by molar-refractivity contribution is 5.73. The molecule has 2 saturated heterocycles. The maximum Gasteiger partial charge on any atom is 0.391 e. The number of alkyl halides is 3. The van der Waals surface area contributed by atoms with Crippen molar-refractivity contribution in [3.05, 3.63) is 71.0 Å². The first-order valence-corrected chi connectivity index (χ1v) is 13.6. The van der Waals surface area contributed by atoms with Crippen molar-refractivity contribution in [2.75, 3.05) is 32.7 Å². The lowest BCUT2D eigenvalue weighted by Crippen LogP contribution is -2.43. The molecule has 2 heterocycles. The molecule has 3 atom stereocenters. The summed E-state index contributed by atoms with van der Waals surface area (Å²) in [5.74, 6) is -1.60. The molecule has 2 aliphatic heterocycles. The second kappa shape index (κ2) is 12.9. The second-order valence-electron chi connectivity index (χ2n) is 11.0. The van der Waals surface area contributed by atoms with Crippen LogP contribution in [0, 0.1) is 29.0 Å². The zero-order chi connectivity index (χ0) is 28.0. The number of rotatable bonds is 10. The predicted octanol–water partition coefficient (Wildman–Crippen LogP) is 5.85. The molecule has 5 nitrogen and oxygen atoms in total. The van der Waals surface area contributed by atoms with Gasteiger partial charge >= 0.3 is 12.1 Å². The molecule has 0 aliphatic carbocycles.